The maximum atomic E-state index is 13.0. The molecule has 1 aliphatic rings. The molecule has 0 aliphatic heterocycles. The predicted molar refractivity (Wildman–Crippen MR) is 104 cm³/mol. The number of hydrogen-bond donors (Lipinski definition) is 1. The summed E-state index contributed by atoms with van der Waals surface area (Å²) in [6.45, 7) is 6.19. The summed E-state index contributed by atoms with van der Waals surface area (Å²) in [6.07, 6.45) is 6.60. The highest BCUT2D eigenvalue weighted by molar-refractivity contribution is 7.89. The molecule has 0 bridgehead atoms. The highest BCUT2D eigenvalue weighted by Gasteiger charge is 2.31. The number of hydrogen-bond acceptors (Lipinski definition) is 3. The highest BCUT2D eigenvalue weighted by Crippen LogP contribution is 2.33. The van der Waals surface area contributed by atoms with Crippen LogP contribution >= 0.6 is 0 Å². The van der Waals surface area contributed by atoms with E-state index in [0.29, 0.717) is 12.1 Å². The number of nitrogens with zero attached hydrogens (tertiary/aromatic N) is 2. The lowest BCUT2D eigenvalue weighted by Gasteiger charge is -2.18. The van der Waals surface area contributed by atoms with Gasteiger partial charge in [0.05, 0.1) is 11.7 Å². The van der Waals surface area contributed by atoms with E-state index in [1.807, 2.05) is 25.5 Å². The van der Waals surface area contributed by atoms with Gasteiger partial charge in [-0.2, -0.15) is 5.10 Å². The molecule has 1 heterocycles. The van der Waals surface area contributed by atoms with Crippen LogP contribution in [0.25, 0.3) is 0 Å². The summed E-state index contributed by atoms with van der Waals surface area (Å²) in [6, 6.07) is 6.39. The zero-order valence-electron chi connectivity index (χ0n) is 16.2. The van der Waals surface area contributed by atoms with E-state index in [-0.39, 0.29) is 28.7 Å². The molecule has 0 saturated heterocycles. The van der Waals surface area contributed by atoms with Crippen molar-refractivity contribution in [1.29, 1.82) is 0 Å². The van der Waals surface area contributed by atoms with E-state index in [2.05, 4.69) is 9.82 Å². The Morgan fingerprint density at radius 3 is 2.41 bits per heavy atom. The van der Waals surface area contributed by atoms with Crippen LogP contribution in [0.2, 0.25) is 0 Å². The van der Waals surface area contributed by atoms with Crippen LogP contribution in [0.5, 0.6) is 0 Å². The van der Waals surface area contributed by atoms with Gasteiger partial charge in [-0.25, -0.2) is 17.5 Å². The number of halogens is 1. The smallest absolute Gasteiger partial charge is 0.244 e. The summed E-state index contributed by atoms with van der Waals surface area (Å²) in [7, 11) is -3.67. The van der Waals surface area contributed by atoms with Gasteiger partial charge in [-0.1, -0.05) is 45.7 Å². The summed E-state index contributed by atoms with van der Waals surface area (Å²) < 4.78 is 43.4. The lowest BCUT2D eigenvalue weighted by atomic mass is 9.92. The van der Waals surface area contributed by atoms with Gasteiger partial charge in [-0.15, -0.1) is 0 Å². The van der Waals surface area contributed by atoms with Gasteiger partial charge in [0.1, 0.15) is 10.7 Å². The normalized spacial score (nSPS) is 16.1. The average molecular weight is 394 g/mol. The van der Waals surface area contributed by atoms with Crippen LogP contribution in [0.15, 0.2) is 35.4 Å². The van der Waals surface area contributed by atoms with E-state index < -0.39 is 10.0 Å². The fraction of sp³-hybridized carbons (Fsp3) is 0.550. The van der Waals surface area contributed by atoms with Crippen LogP contribution in [0.3, 0.4) is 0 Å². The molecule has 1 aromatic heterocycles. The quantitative estimate of drug-likeness (QED) is 0.808. The van der Waals surface area contributed by atoms with Gasteiger partial charge in [-0.3, -0.25) is 4.68 Å². The number of benzene rings is 1. The number of nitrogens with one attached hydrogen (secondary N) is 1. The molecule has 27 heavy (non-hydrogen) atoms. The summed E-state index contributed by atoms with van der Waals surface area (Å²) in [5.41, 5.74) is 1.12. The van der Waals surface area contributed by atoms with Crippen molar-refractivity contribution in [2.45, 2.75) is 69.2 Å². The molecule has 1 saturated carbocycles. The third kappa shape index (κ3) is 4.76. The molecule has 3 rings (SSSR count). The number of aromatic nitrogens is 2. The zero-order chi connectivity index (χ0) is 19.7. The lowest BCUT2D eigenvalue weighted by Crippen LogP contribution is -2.28. The molecule has 2 aromatic rings. The Bertz CT molecular complexity index is 877. The molecular formula is C20H28FN3O2S. The molecule has 5 nitrogen and oxygen atoms in total. The fourth-order valence-corrected chi connectivity index (χ4v) is 4.88. The van der Waals surface area contributed by atoms with Gasteiger partial charge >= 0.3 is 0 Å². The molecule has 148 valence electrons. The third-order valence-corrected chi connectivity index (χ3v) is 6.48. The standard InChI is InChI=1S/C20H28FN3O2S/c1-20(2,3)19-18(14-24(23-19)17-6-4-5-7-17)27(25,26)22-13-12-15-8-10-16(21)11-9-15/h8-11,14,17,22H,4-7,12-13H2,1-3H3. The molecule has 1 fully saturated rings. The monoisotopic (exact) mass is 393 g/mol. The van der Waals surface area contributed by atoms with Crippen LogP contribution in [-0.2, 0) is 21.9 Å². The zero-order valence-corrected chi connectivity index (χ0v) is 17.0. The van der Waals surface area contributed by atoms with Crippen molar-refractivity contribution >= 4 is 10.0 Å². The Labute approximate surface area is 161 Å². The molecule has 0 amide bonds. The molecule has 1 N–H and O–H groups in total. The number of sulfonamides is 1. The minimum absolute atomic E-state index is 0.256. The maximum absolute atomic E-state index is 13.0. The van der Waals surface area contributed by atoms with E-state index in [4.69, 9.17) is 0 Å². The predicted octanol–water partition coefficient (Wildman–Crippen LogP) is 3.96. The Morgan fingerprint density at radius 1 is 1.19 bits per heavy atom. The number of rotatable bonds is 6. The average Bonchev–Trinajstić information content (AvgIpc) is 3.25. The van der Waals surface area contributed by atoms with Crippen LogP contribution in [0, 0.1) is 5.82 Å². The minimum Gasteiger partial charge on any atom is -0.268 e. The van der Waals surface area contributed by atoms with Crippen LogP contribution in [0.1, 0.15) is 63.8 Å². The van der Waals surface area contributed by atoms with Gasteiger partial charge in [0.2, 0.25) is 10.0 Å². The molecule has 0 radical (unpaired) electrons. The molecular weight excluding hydrogens is 365 g/mol. The van der Waals surface area contributed by atoms with Crippen molar-refractivity contribution in [2.24, 2.45) is 0 Å². The van der Waals surface area contributed by atoms with Gasteiger partial charge in [0.15, 0.2) is 0 Å². The van der Waals surface area contributed by atoms with Crippen molar-refractivity contribution < 1.29 is 12.8 Å². The highest BCUT2D eigenvalue weighted by atomic mass is 32.2. The van der Waals surface area contributed by atoms with Crippen molar-refractivity contribution in [1.82, 2.24) is 14.5 Å². The maximum Gasteiger partial charge on any atom is 0.244 e. The van der Waals surface area contributed by atoms with Crippen molar-refractivity contribution in [3.05, 3.63) is 47.5 Å². The second kappa shape index (κ2) is 7.72. The topological polar surface area (TPSA) is 64.0 Å². The first-order valence-corrected chi connectivity index (χ1v) is 11.0. The van der Waals surface area contributed by atoms with E-state index in [1.54, 1.807) is 18.3 Å². The first kappa shape index (κ1) is 20.0. The van der Waals surface area contributed by atoms with Crippen molar-refractivity contribution in [3.8, 4) is 0 Å². The SMILES string of the molecule is CC(C)(C)c1nn(C2CCCC2)cc1S(=O)(=O)NCCc1ccc(F)cc1. The summed E-state index contributed by atoms with van der Waals surface area (Å²) in [5, 5.41) is 4.66. The van der Waals surface area contributed by atoms with E-state index >= 15 is 0 Å². The van der Waals surface area contributed by atoms with Gasteiger partial charge in [-0.05, 0) is 37.0 Å². The largest absolute Gasteiger partial charge is 0.268 e. The second-order valence-corrected chi connectivity index (χ2v) is 10.0. The first-order chi connectivity index (χ1) is 12.7. The van der Waals surface area contributed by atoms with Crippen LogP contribution in [0.4, 0.5) is 4.39 Å². The molecule has 0 spiro atoms. The Morgan fingerprint density at radius 2 is 1.81 bits per heavy atom. The van der Waals surface area contributed by atoms with Crippen LogP contribution in [-0.4, -0.2) is 24.7 Å². The molecule has 1 aromatic carbocycles. The molecule has 0 atom stereocenters. The van der Waals surface area contributed by atoms with Crippen molar-refractivity contribution in [3.63, 3.8) is 0 Å². The molecule has 7 heteroatoms. The molecule has 0 unspecified atom stereocenters. The van der Waals surface area contributed by atoms with E-state index in [1.165, 1.54) is 12.1 Å². The summed E-state index contributed by atoms with van der Waals surface area (Å²) in [4.78, 5) is 0.265. The van der Waals surface area contributed by atoms with Gasteiger partial charge in [0, 0.05) is 18.2 Å². The van der Waals surface area contributed by atoms with Gasteiger partial charge < -0.3 is 0 Å². The Hall–Kier alpha value is -1.73. The Balaban J connectivity index is 1.78. The van der Waals surface area contributed by atoms with E-state index in [0.717, 1.165) is 31.2 Å². The van der Waals surface area contributed by atoms with Crippen molar-refractivity contribution in [2.75, 3.05) is 6.54 Å². The third-order valence-electron chi connectivity index (χ3n) is 5.02. The molecule has 1 aliphatic carbocycles. The minimum atomic E-state index is -3.67. The lowest BCUT2D eigenvalue weighted by molar-refractivity contribution is 0.448. The van der Waals surface area contributed by atoms with Gasteiger partial charge in [0.25, 0.3) is 0 Å². The summed E-state index contributed by atoms with van der Waals surface area (Å²) in [5.74, 6) is -0.298. The van der Waals surface area contributed by atoms with E-state index in [9.17, 15) is 12.8 Å². The Kier molecular flexibility index (Phi) is 5.72. The summed E-state index contributed by atoms with van der Waals surface area (Å²) >= 11 is 0. The first-order valence-electron chi connectivity index (χ1n) is 9.50. The fourth-order valence-electron chi connectivity index (χ4n) is 3.51. The second-order valence-electron chi connectivity index (χ2n) is 8.28. The van der Waals surface area contributed by atoms with Crippen LogP contribution < -0.4 is 4.72 Å².